The highest BCUT2D eigenvalue weighted by Crippen LogP contribution is 2.21. The lowest BCUT2D eigenvalue weighted by Crippen LogP contribution is -2.43. The van der Waals surface area contributed by atoms with Crippen molar-refractivity contribution < 1.29 is 23.5 Å². The van der Waals surface area contributed by atoms with Crippen LogP contribution < -0.4 is 10.6 Å². The predicted molar refractivity (Wildman–Crippen MR) is 67.6 cm³/mol. The van der Waals surface area contributed by atoms with Crippen molar-refractivity contribution in [2.45, 2.75) is 25.3 Å². The molecule has 5 nitrogen and oxygen atoms in total. The molecule has 7 heteroatoms. The van der Waals surface area contributed by atoms with Crippen molar-refractivity contribution in [3.05, 3.63) is 29.3 Å². The van der Waals surface area contributed by atoms with Crippen LogP contribution in [0.1, 0.15) is 29.6 Å². The molecule has 0 unspecified atom stereocenters. The summed E-state index contributed by atoms with van der Waals surface area (Å²) in [6.07, 6.45) is 2.47. The highest BCUT2D eigenvalue weighted by atomic mass is 19.2. The number of carbonyl (C=O) groups is 2. The molecule has 2 rings (SSSR count). The van der Waals surface area contributed by atoms with Crippen molar-refractivity contribution in [3.8, 4) is 0 Å². The van der Waals surface area contributed by atoms with Crippen LogP contribution in [0.25, 0.3) is 0 Å². The number of carboxylic acids is 1. The van der Waals surface area contributed by atoms with Gasteiger partial charge in [-0.1, -0.05) is 6.42 Å². The summed E-state index contributed by atoms with van der Waals surface area (Å²) in [7, 11) is 0. The fourth-order valence-electron chi connectivity index (χ4n) is 2.12. The molecular weight excluding hydrogens is 270 g/mol. The van der Waals surface area contributed by atoms with Crippen LogP contribution in [0.5, 0.6) is 0 Å². The van der Waals surface area contributed by atoms with Crippen LogP contribution in [0.3, 0.4) is 0 Å². The quantitative estimate of drug-likeness (QED) is 0.790. The van der Waals surface area contributed by atoms with E-state index < -0.39 is 35.1 Å². The van der Waals surface area contributed by atoms with E-state index in [2.05, 4.69) is 10.6 Å². The zero-order valence-corrected chi connectivity index (χ0v) is 10.6. The summed E-state index contributed by atoms with van der Waals surface area (Å²) in [6.45, 7) is 0.696. The van der Waals surface area contributed by atoms with E-state index in [0.29, 0.717) is 25.1 Å². The fraction of sp³-hybridized carbons (Fsp3) is 0.385. The van der Waals surface area contributed by atoms with Crippen molar-refractivity contribution in [2.24, 2.45) is 0 Å². The van der Waals surface area contributed by atoms with Gasteiger partial charge in [-0.3, -0.25) is 4.79 Å². The van der Waals surface area contributed by atoms with Crippen molar-refractivity contribution in [1.82, 2.24) is 5.32 Å². The van der Waals surface area contributed by atoms with Crippen LogP contribution in [0, 0.1) is 11.6 Å². The Labute approximate surface area is 114 Å². The molecule has 1 amide bonds. The Morgan fingerprint density at radius 3 is 2.55 bits per heavy atom. The number of nitrogens with one attached hydrogen (secondary N) is 2. The molecule has 20 heavy (non-hydrogen) atoms. The fourth-order valence-corrected chi connectivity index (χ4v) is 2.12. The number of carbonyl (C=O) groups excluding carboxylic acids is 1. The van der Waals surface area contributed by atoms with Gasteiger partial charge in [-0.25, -0.2) is 13.6 Å². The van der Waals surface area contributed by atoms with Gasteiger partial charge < -0.3 is 15.7 Å². The molecule has 1 atom stereocenters. The Morgan fingerprint density at radius 2 is 1.95 bits per heavy atom. The Balaban J connectivity index is 2.21. The molecule has 1 aliphatic rings. The summed E-state index contributed by atoms with van der Waals surface area (Å²) in [5.41, 5.74) is -0.721. The van der Waals surface area contributed by atoms with Gasteiger partial charge in [0.05, 0.1) is 17.3 Å². The van der Waals surface area contributed by atoms with Crippen molar-refractivity contribution in [3.63, 3.8) is 0 Å². The Morgan fingerprint density at radius 1 is 1.25 bits per heavy atom. The first kappa shape index (κ1) is 14.4. The molecule has 0 radical (unpaired) electrons. The lowest BCUT2D eigenvalue weighted by molar-refractivity contribution is -0.118. The van der Waals surface area contributed by atoms with E-state index in [9.17, 15) is 18.4 Å². The van der Waals surface area contributed by atoms with Gasteiger partial charge >= 0.3 is 5.97 Å². The molecule has 1 aromatic carbocycles. The summed E-state index contributed by atoms with van der Waals surface area (Å²) >= 11 is 0. The minimum Gasteiger partial charge on any atom is -0.478 e. The minimum atomic E-state index is -1.43. The maximum atomic E-state index is 13.2. The SMILES string of the molecule is O=C(O)c1cc(F)c(F)cc1NC(=O)[C@H]1CCCCN1. The third-order valence-corrected chi connectivity index (χ3v) is 3.18. The van der Waals surface area contributed by atoms with E-state index >= 15 is 0 Å². The number of halogens is 2. The Hall–Kier alpha value is -2.02. The summed E-state index contributed by atoms with van der Waals surface area (Å²) in [5.74, 6) is -4.35. The number of carboxylic acid groups (broad SMARTS) is 1. The van der Waals surface area contributed by atoms with E-state index in [-0.39, 0.29) is 5.69 Å². The lowest BCUT2D eigenvalue weighted by Gasteiger charge is -2.22. The standard InChI is InChI=1S/C13H14F2N2O3/c14-8-5-7(13(19)20)11(6-9(8)15)17-12(18)10-3-1-2-4-16-10/h5-6,10,16H,1-4H2,(H,17,18)(H,19,20)/t10-/m1/s1. The van der Waals surface area contributed by atoms with Crippen molar-refractivity contribution in [1.29, 1.82) is 0 Å². The molecule has 1 heterocycles. The lowest BCUT2D eigenvalue weighted by atomic mass is 10.0. The molecular formula is C13H14F2N2O3. The van der Waals surface area contributed by atoms with Gasteiger partial charge in [0.25, 0.3) is 0 Å². The second kappa shape index (κ2) is 5.96. The molecule has 0 spiro atoms. The Kier molecular flexibility index (Phi) is 4.29. The van der Waals surface area contributed by atoms with Gasteiger partial charge in [0.1, 0.15) is 0 Å². The average Bonchev–Trinajstić information content (AvgIpc) is 2.43. The van der Waals surface area contributed by atoms with Crippen LogP contribution in [0.4, 0.5) is 14.5 Å². The molecule has 1 saturated heterocycles. The van der Waals surface area contributed by atoms with Gasteiger partial charge in [0, 0.05) is 6.07 Å². The topological polar surface area (TPSA) is 78.4 Å². The number of benzene rings is 1. The molecule has 1 fully saturated rings. The van der Waals surface area contributed by atoms with Crippen molar-refractivity contribution >= 4 is 17.6 Å². The van der Waals surface area contributed by atoms with Crippen LogP contribution in [0.15, 0.2) is 12.1 Å². The highest BCUT2D eigenvalue weighted by Gasteiger charge is 2.23. The monoisotopic (exact) mass is 284 g/mol. The first-order valence-electron chi connectivity index (χ1n) is 6.25. The van der Waals surface area contributed by atoms with Gasteiger partial charge in [-0.15, -0.1) is 0 Å². The van der Waals surface area contributed by atoms with Gasteiger partial charge in [-0.2, -0.15) is 0 Å². The molecule has 0 saturated carbocycles. The minimum absolute atomic E-state index is 0.242. The number of anilines is 1. The smallest absolute Gasteiger partial charge is 0.337 e. The van der Waals surface area contributed by atoms with Crippen LogP contribution in [-0.2, 0) is 4.79 Å². The maximum Gasteiger partial charge on any atom is 0.337 e. The number of piperidine rings is 1. The number of aromatic carboxylic acids is 1. The molecule has 1 aliphatic heterocycles. The van der Waals surface area contributed by atoms with E-state index in [1.807, 2.05) is 0 Å². The third kappa shape index (κ3) is 3.11. The van der Waals surface area contributed by atoms with Crippen molar-refractivity contribution in [2.75, 3.05) is 11.9 Å². The highest BCUT2D eigenvalue weighted by molar-refractivity contribution is 6.02. The summed E-state index contributed by atoms with van der Waals surface area (Å²) < 4.78 is 26.2. The first-order valence-corrected chi connectivity index (χ1v) is 6.25. The second-order valence-electron chi connectivity index (χ2n) is 4.61. The first-order chi connectivity index (χ1) is 9.49. The Bertz CT molecular complexity index is 543. The van der Waals surface area contributed by atoms with Crippen LogP contribution in [0.2, 0.25) is 0 Å². The maximum absolute atomic E-state index is 13.2. The number of amides is 1. The van der Waals surface area contributed by atoms with Crippen LogP contribution in [-0.4, -0.2) is 29.6 Å². The normalized spacial score (nSPS) is 18.6. The molecule has 3 N–H and O–H groups in total. The third-order valence-electron chi connectivity index (χ3n) is 3.18. The predicted octanol–water partition coefficient (Wildman–Crippen LogP) is 1.74. The van der Waals surface area contributed by atoms with Gasteiger partial charge in [-0.05, 0) is 25.5 Å². The molecule has 108 valence electrons. The van der Waals surface area contributed by atoms with Gasteiger partial charge in [0.2, 0.25) is 5.91 Å². The molecule has 0 bridgehead atoms. The molecule has 0 aromatic heterocycles. The molecule has 0 aliphatic carbocycles. The average molecular weight is 284 g/mol. The number of hydrogen-bond donors (Lipinski definition) is 3. The van der Waals surface area contributed by atoms with E-state index in [1.54, 1.807) is 0 Å². The van der Waals surface area contributed by atoms with E-state index in [4.69, 9.17) is 5.11 Å². The summed E-state index contributed by atoms with van der Waals surface area (Å²) in [4.78, 5) is 22.9. The van der Waals surface area contributed by atoms with E-state index in [1.165, 1.54) is 0 Å². The van der Waals surface area contributed by atoms with Gasteiger partial charge in [0.15, 0.2) is 11.6 Å². The summed E-state index contributed by atoms with van der Waals surface area (Å²) in [6, 6.07) is 0.791. The summed E-state index contributed by atoms with van der Waals surface area (Å²) in [5, 5.41) is 14.3. The number of hydrogen-bond acceptors (Lipinski definition) is 3. The second-order valence-corrected chi connectivity index (χ2v) is 4.61. The van der Waals surface area contributed by atoms with Crippen LogP contribution >= 0.6 is 0 Å². The zero-order valence-electron chi connectivity index (χ0n) is 10.6. The van der Waals surface area contributed by atoms with E-state index in [0.717, 1.165) is 12.8 Å². The molecule has 1 aromatic rings. The zero-order chi connectivity index (χ0) is 14.7. The number of rotatable bonds is 3. The largest absolute Gasteiger partial charge is 0.478 e.